The summed E-state index contributed by atoms with van der Waals surface area (Å²) >= 11 is 0. The standard InChI is InChI=1S/C34H36FN5O3/c1-19-23-8-6-5-7-20(23)13-14-39(19)32(41)29-17-30(21-9-10-21)40-31(36-29)18-28(38-40)24-12-11-22(15-26(24)35)25-16-27(25)37-33(42)43-34(2,3)4/h5-8,11-12,15,17-19,21,25,27H,9-10,13-14,16H2,1-4H3,(H,37,42)/t19-,25-,27+/m1/s1. The minimum absolute atomic E-state index is 0.0398. The normalized spacial score (nSPS) is 21.4. The third-order valence-electron chi connectivity index (χ3n) is 8.71. The van der Waals surface area contributed by atoms with Crippen molar-refractivity contribution in [2.24, 2.45) is 0 Å². The van der Waals surface area contributed by atoms with Crippen LogP contribution in [-0.4, -0.2) is 49.7 Å². The fourth-order valence-electron chi connectivity index (χ4n) is 6.26. The van der Waals surface area contributed by atoms with Crippen molar-refractivity contribution in [3.63, 3.8) is 0 Å². The Morgan fingerprint density at radius 2 is 1.86 bits per heavy atom. The fourth-order valence-corrected chi connectivity index (χ4v) is 6.26. The van der Waals surface area contributed by atoms with E-state index in [9.17, 15) is 9.59 Å². The summed E-state index contributed by atoms with van der Waals surface area (Å²) in [4.78, 5) is 32.6. The smallest absolute Gasteiger partial charge is 0.407 e. The van der Waals surface area contributed by atoms with Gasteiger partial charge in [0.05, 0.1) is 11.7 Å². The Bertz CT molecular complexity index is 1750. The van der Waals surface area contributed by atoms with Crippen LogP contribution in [0.2, 0.25) is 0 Å². The molecule has 2 aromatic heterocycles. The van der Waals surface area contributed by atoms with Crippen molar-refractivity contribution in [3.8, 4) is 11.3 Å². The summed E-state index contributed by atoms with van der Waals surface area (Å²) in [6, 6.07) is 17.0. The molecule has 7 rings (SSSR count). The zero-order valence-electron chi connectivity index (χ0n) is 24.9. The molecule has 9 heteroatoms. The third-order valence-corrected chi connectivity index (χ3v) is 8.71. The molecule has 1 N–H and O–H groups in total. The fraction of sp³-hybridized carbons (Fsp3) is 0.412. The van der Waals surface area contributed by atoms with Gasteiger partial charge in [-0.1, -0.05) is 30.3 Å². The van der Waals surface area contributed by atoms with E-state index < -0.39 is 11.7 Å². The van der Waals surface area contributed by atoms with Gasteiger partial charge in [0, 0.05) is 41.7 Å². The Hall–Kier alpha value is -4.27. The van der Waals surface area contributed by atoms with E-state index in [0.29, 0.717) is 35.1 Å². The molecular weight excluding hydrogens is 545 g/mol. The van der Waals surface area contributed by atoms with Crippen molar-refractivity contribution in [2.75, 3.05) is 6.54 Å². The van der Waals surface area contributed by atoms with Crippen LogP contribution in [0.4, 0.5) is 9.18 Å². The Kier molecular flexibility index (Phi) is 6.52. The van der Waals surface area contributed by atoms with Gasteiger partial charge in [0.1, 0.15) is 17.1 Å². The zero-order valence-corrected chi connectivity index (χ0v) is 24.9. The quantitative estimate of drug-likeness (QED) is 0.289. The summed E-state index contributed by atoms with van der Waals surface area (Å²) in [7, 11) is 0. The molecule has 0 spiro atoms. The molecule has 3 atom stereocenters. The Labute approximate surface area is 250 Å². The van der Waals surface area contributed by atoms with Crippen LogP contribution in [0.3, 0.4) is 0 Å². The first-order valence-corrected chi connectivity index (χ1v) is 15.1. The van der Waals surface area contributed by atoms with Crippen LogP contribution < -0.4 is 5.32 Å². The van der Waals surface area contributed by atoms with Crippen LogP contribution in [-0.2, 0) is 11.2 Å². The van der Waals surface area contributed by atoms with Crippen molar-refractivity contribution in [1.29, 1.82) is 0 Å². The van der Waals surface area contributed by atoms with Crippen molar-refractivity contribution in [2.45, 2.75) is 82.9 Å². The molecule has 0 saturated heterocycles. The van der Waals surface area contributed by atoms with E-state index in [1.807, 2.05) is 49.9 Å². The first kappa shape index (κ1) is 27.6. The van der Waals surface area contributed by atoms with E-state index in [-0.39, 0.29) is 29.7 Å². The number of amides is 2. The molecule has 0 radical (unpaired) electrons. The minimum Gasteiger partial charge on any atom is -0.444 e. The van der Waals surface area contributed by atoms with Crippen LogP contribution >= 0.6 is 0 Å². The summed E-state index contributed by atoms with van der Waals surface area (Å²) in [6.07, 6.45) is 3.14. The number of hydrogen-bond donors (Lipinski definition) is 1. The number of halogens is 1. The lowest BCUT2D eigenvalue weighted by molar-refractivity contribution is 0.0522. The number of aromatic nitrogens is 3. The van der Waals surface area contributed by atoms with E-state index in [2.05, 4.69) is 24.4 Å². The first-order chi connectivity index (χ1) is 20.6. The molecule has 2 aromatic carbocycles. The number of benzene rings is 2. The molecule has 2 fully saturated rings. The molecule has 3 aliphatic rings. The maximum atomic E-state index is 15.5. The summed E-state index contributed by atoms with van der Waals surface area (Å²) in [5.74, 6) is -0.128. The average Bonchev–Trinajstić information content (AvgIpc) is 3.89. The van der Waals surface area contributed by atoms with E-state index in [1.54, 1.807) is 16.6 Å². The highest BCUT2D eigenvalue weighted by Crippen LogP contribution is 2.43. The number of carbonyl (C=O) groups is 2. The highest BCUT2D eigenvalue weighted by Gasteiger charge is 2.41. The highest BCUT2D eigenvalue weighted by molar-refractivity contribution is 5.93. The average molecular weight is 582 g/mol. The van der Waals surface area contributed by atoms with Gasteiger partial charge in [-0.15, -0.1) is 0 Å². The highest BCUT2D eigenvalue weighted by atomic mass is 19.1. The molecule has 8 nitrogen and oxygen atoms in total. The second-order valence-corrected chi connectivity index (χ2v) is 13.1. The lowest BCUT2D eigenvalue weighted by atomic mass is 9.93. The SMILES string of the molecule is C[C@@H]1c2ccccc2CCN1C(=O)c1cc(C2CC2)n2nc(-c3ccc([C@H]4C[C@@H]4NC(=O)OC(C)(C)C)cc3F)cc2n1. The first-order valence-electron chi connectivity index (χ1n) is 15.1. The van der Waals surface area contributed by atoms with Gasteiger partial charge in [-0.3, -0.25) is 4.79 Å². The third kappa shape index (κ3) is 5.37. The summed E-state index contributed by atoms with van der Waals surface area (Å²) in [5.41, 5.74) is 5.45. The van der Waals surface area contributed by atoms with Gasteiger partial charge in [-0.2, -0.15) is 5.10 Å². The van der Waals surface area contributed by atoms with Crippen LogP contribution in [0, 0.1) is 5.82 Å². The lowest BCUT2D eigenvalue weighted by Crippen LogP contribution is -2.39. The molecule has 2 aliphatic carbocycles. The van der Waals surface area contributed by atoms with Crippen LogP contribution in [0.1, 0.15) is 97.7 Å². The Balaban J connectivity index is 1.14. The van der Waals surface area contributed by atoms with Gasteiger partial charge < -0.3 is 15.0 Å². The molecule has 2 saturated carbocycles. The second-order valence-electron chi connectivity index (χ2n) is 13.1. The van der Waals surface area contributed by atoms with E-state index in [4.69, 9.17) is 14.8 Å². The monoisotopic (exact) mass is 581 g/mol. The van der Waals surface area contributed by atoms with Crippen molar-refractivity contribution < 1.29 is 18.7 Å². The number of fused-ring (bicyclic) bond motifs is 2. The van der Waals surface area contributed by atoms with E-state index >= 15 is 4.39 Å². The van der Waals surface area contributed by atoms with Gasteiger partial charge in [0.2, 0.25) is 0 Å². The lowest BCUT2D eigenvalue weighted by Gasteiger charge is -2.35. The molecule has 222 valence electrons. The van der Waals surface area contributed by atoms with Crippen LogP contribution in [0.25, 0.3) is 16.9 Å². The molecular formula is C34H36FN5O3. The number of nitrogens with zero attached hydrogens (tertiary/aromatic N) is 4. The minimum atomic E-state index is -0.573. The van der Waals surface area contributed by atoms with Gasteiger partial charge >= 0.3 is 6.09 Å². The zero-order chi connectivity index (χ0) is 30.0. The topological polar surface area (TPSA) is 88.8 Å². The summed E-state index contributed by atoms with van der Waals surface area (Å²) < 4.78 is 22.6. The molecule has 1 aliphatic heterocycles. The van der Waals surface area contributed by atoms with Crippen molar-refractivity contribution in [3.05, 3.63) is 88.5 Å². The largest absolute Gasteiger partial charge is 0.444 e. The van der Waals surface area contributed by atoms with Gasteiger partial charge in [0.15, 0.2) is 5.65 Å². The second kappa shape index (κ2) is 10.2. The number of alkyl carbamates (subject to hydrolysis) is 1. The number of rotatable bonds is 5. The van der Waals surface area contributed by atoms with Crippen LogP contribution in [0.15, 0.2) is 54.6 Å². The van der Waals surface area contributed by atoms with E-state index in [1.165, 1.54) is 17.2 Å². The molecule has 2 amide bonds. The molecule has 0 unspecified atom stereocenters. The molecule has 43 heavy (non-hydrogen) atoms. The molecule has 4 aromatic rings. The predicted molar refractivity (Wildman–Crippen MR) is 160 cm³/mol. The van der Waals surface area contributed by atoms with Gasteiger partial charge in [0.25, 0.3) is 5.91 Å². The van der Waals surface area contributed by atoms with Crippen molar-refractivity contribution >= 4 is 17.6 Å². The molecule has 0 bridgehead atoms. The summed E-state index contributed by atoms with van der Waals surface area (Å²) in [5, 5.41) is 7.63. The maximum Gasteiger partial charge on any atom is 0.407 e. The number of nitrogens with one attached hydrogen (secondary N) is 1. The predicted octanol–water partition coefficient (Wildman–Crippen LogP) is 6.55. The van der Waals surface area contributed by atoms with Crippen LogP contribution in [0.5, 0.6) is 0 Å². The number of hydrogen-bond acceptors (Lipinski definition) is 5. The molecule has 3 heterocycles. The Morgan fingerprint density at radius 1 is 1.07 bits per heavy atom. The summed E-state index contributed by atoms with van der Waals surface area (Å²) in [6.45, 7) is 8.17. The van der Waals surface area contributed by atoms with Gasteiger partial charge in [-0.25, -0.2) is 18.7 Å². The number of ether oxygens (including phenoxy) is 1. The van der Waals surface area contributed by atoms with Gasteiger partial charge in [-0.05, 0) is 88.3 Å². The van der Waals surface area contributed by atoms with Crippen molar-refractivity contribution in [1.82, 2.24) is 24.8 Å². The number of carbonyl (C=O) groups excluding carboxylic acids is 2. The maximum absolute atomic E-state index is 15.5. The Morgan fingerprint density at radius 3 is 2.60 bits per heavy atom. The van der Waals surface area contributed by atoms with E-state index in [0.717, 1.165) is 36.9 Å².